The van der Waals surface area contributed by atoms with Crippen LogP contribution in [0, 0.1) is 5.92 Å². The van der Waals surface area contributed by atoms with Gasteiger partial charge in [0, 0.05) is 24.7 Å². The molecule has 0 aromatic carbocycles. The van der Waals surface area contributed by atoms with Crippen LogP contribution in [0.15, 0.2) is 4.79 Å². The number of carbonyl (C=O) groups is 1. The number of H-pyrrole nitrogens is 1. The van der Waals surface area contributed by atoms with Crippen LogP contribution in [-0.2, 0) is 24.7 Å². The molecule has 0 spiro atoms. The van der Waals surface area contributed by atoms with Crippen LogP contribution >= 0.6 is 0 Å². The van der Waals surface area contributed by atoms with Crippen LogP contribution in [0.5, 0.6) is 0 Å². The highest BCUT2D eigenvalue weighted by Gasteiger charge is 2.24. The van der Waals surface area contributed by atoms with E-state index in [1.54, 1.807) is 7.05 Å². The summed E-state index contributed by atoms with van der Waals surface area (Å²) in [5.41, 5.74) is 1.78. The van der Waals surface area contributed by atoms with Gasteiger partial charge in [0.15, 0.2) is 0 Å². The zero-order valence-electron chi connectivity index (χ0n) is 8.62. The number of aliphatic carboxylic acids is 1. The van der Waals surface area contributed by atoms with Crippen molar-refractivity contribution in [3.8, 4) is 0 Å². The van der Waals surface area contributed by atoms with Gasteiger partial charge in [-0.2, -0.15) is 0 Å². The van der Waals surface area contributed by atoms with Gasteiger partial charge in [0.1, 0.15) is 0 Å². The van der Waals surface area contributed by atoms with Crippen molar-refractivity contribution in [2.45, 2.75) is 25.7 Å². The molecule has 0 amide bonds. The molecule has 1 heterocycles. The lowest BCUT2D eigenvalue weighted by atomic mass is 9.86. The second kappa shape index (κ2) is 3.56. The minimum atomic E-state index is -0.762. The second-order valence-electron chi connectivity index (χ2n) is 4.14. The molecule has 82 valence electrons. The highest BCUT2D eigenvalue weighted by atomic mass is 16.4. The first-order valence-corrected chi connectivity index (χ1v) is 5.06. The smallest absolute Gasteiger partial charge is 0.303 e. The molecule has 1 aromatic rings. The van der Waals surface area contributed by atoms with Crippen molar-refractivity contribution < 1.29 is 9.90 Å². The van der Waals surface area contributed by atoms with Crippen LogP contribution in [-0.4, -0.2) is 20.9 Å². The Hall–Kier alpha value is -1.52. The number of carboxylic acids is 1. The van der Waals surface area contributed by atoms with Crippen LogP contribution < -0.4 is 5.56 Å². The van der Waals surface area contributed by atoms with Crippen LogP contribution in [0.2, 0.25) is 0 Å². The van der Waals surface area contributed by atoms with Crippen molar-refractivity contribution in [3.63, 3.8) is 0 Å². The molecule has 1 aliphatic carbocycles. The summed E-state index contributed by atoms with van der Waals surface area (Å²) in [7, 11) is 1.69. The lowest BCUT2D eigenvalue weighted by Crippen LogP contribution is -2.21. The molecule has 1 atom stereocenters. The standard InChI is InChI=1S/C10H14N2O3/c1-12-10(15)7-3-2-6(5-9(13)14)4-8(7)11-12/h6,11H,2-5H2,1H3,(H,13,14). The molecule has 0 aliphatic heterocycles. The Bertz CT molecular complexity index is 444. The minimum Gasteiger partial charge on any atom is -0.481 e. The average Bonchev–Trinajstić information content (AvgIpc) is 2.41. The number of hydrogen-bond acceptors (Lipinski definition) is 2. The quantitative estimate of drug-likeness (QED) is 0.736. The summed E-state index contributed by atoms with van der Waals surface area (Å²) in [5.74, 6) is -0.602. The van der Waals surface area contributed by atoms with Crippen molar-refractivity contribution in [2.24, 2.45) is 13.0 Å². The van der Waals surface area contributed by atoms with Gasteiger partial charge < -0.3 is 5.11 Å². The first kappa shape index (κ1) is 10.0. The maximum absolute atomic E-state index is 11.6. The highest BCUT2D eigenvalue weighted by Crippen LogP contribution is 2.24. The third-order valence-corrected chi connectivity index (χ3v) is 2.99. The lowest BCUT2D eigenvalue weighted by molar-refractivity contribution is -0.138. The second-order valence-corrected chi connectivity index (χ2v) is 4.14. The number of aryl methyl sites for hydroxylation is 1. The average molecular weight is 210 g/mol. The molecular formula is C10H14N2O3. The fourth-order valence-corrected chi connectivity index (χ4v) is 2.24. The Balaban J connectivity index is 2.20. The first-order valence-electron chi connectivity index (χ1n) is 5.06. The van der Waals surface area contributed by atoms with Crippen LogP contribution in [0.3, 0.4) is 0 Å². The normalized spacial score (nSPS) is 19.9. The summed E-state index contributed by atoms with van der Waals surface area (Å²) in [6, 6.07) is 0. The van der Waals surface area contributed by atoms with Crippen LogP contribution in [0.25, 0.3) is 0 Å². The third kappa shape index (κ3) is 1.82. The molecule has 0 saturated heterocycles. The molecule has 0 saturated carbocycles. The van der Waals surface area contributed by atoms with Gasteiger partial charge in [-0.05, 0) is 25.2 Å². The molecule has 5 nitrogen and oxygen atoms in total. The SMILES string of the molecule is Cn1[nH]c2c(c1=O)CCC(CC(=O)O)C2. The maximum atomic E-state index is 11.6. The molecule has 1 aliphatic rings. The number of nitrogens with one attached hydrogen (secondary N) is 1. The number of aromatic nitrogens is 2. The molecule has 15 heavy (non-hydrogen) atoms. The highest BCUT2D eigenvalue weighted by molar-refractivity contribution is 5.67. The van der Waals surface area contributed by atoms with Crippen molar-refractivity contribution in [3.05, 3.63) is 21.6 Å². The molecule has 0 fully saturated rings. The molecule has 1 aromatic heterocycles. The lowest BCUT2D eigenvalue weighted by Gasteiger charge is -2.18. The van der Waals surface area contributed by atoms with E-state index >= 15 is 0 Å². The molecule has 0 bridgehead atoms. The van der Waals surface area contributed by atoms with Crippen molar-refractivity contribution in [1.82, 2.24) is 9.78 Å². The summed E-state index contributed by atoms with van der Waals surface area (Å²) < 4.78 is 1.47. The predicted octanol–water partition coefficient (Wildman–Crippen LogP) is 0.293. The monoisotopic (exact) mass is 210 g/mol. The van der Waals surface area contributed by atoms with E-state index in [1.807, 2.05) is 0 Å². The molecule has 0 radical (unpaired) electrons. The van der Waals surface area contributed by atoms with E-state index in [2.05, 4.69) is 5.10 Å². The third-order valence-electron chi connectivity index (χ3n) is 2.99. The molecule has 5 heteroatoms. The Morgan fingerprint density at radius 3 is 3.07 bits per heavy atom. The summed E-state index contributed by atoms with van der Waals surface area (Å²) in [6.45, 7) is 0. The van der Waals surface area contributed by atoms with E-state index in [9.17, 15) is 9.59 Å². The van der Waals surface area contributed by atoms with Gasteiger partial charge in [0.05, 0.1) is 0 Å². The number of nitrogens with zero attached hydrogens (tertiary/aromatic N) is 1. The Morgan fingerprint density at radius 2 is 2.40 bits per heavy atom. The van der Waals surface area contributed by atoms with Gasteiger partial charge >= 0.3 is 5.97 Å². The Kier molecular flexibility index (Phi) is 2.38. The largest absolute Gasteiger partial charge is 0.481 e. The Morgan fingerprint density at radius 1 is 1.67 bits per heavy atom. The van der Waals surface area contributed by atoms with E-state index < -0.39 is 5.97 Å². The molecule has 1 unspecified atom stereocenters. The summed E-state index contributed by atoms with van der Waals surface area (Å²) in [6.07, 6.45) is 2.37. The predicted molar refractivity (Wildman–Crippen MR) is 53.8 cm³/mol. The number of hydrogen-bond donors (Lipinski definition) is 2. The fraction of sp³-hybridized carbons (Fsp3) is 0.600. The minimum absolute atomic E-state index is 0.0266. The molecule has 2 N–H and O–H groups in total. The number of aromatic amines is 1. The molecular weight excluding hydrogens is 196 g/mol. The zero-order chi connectivity index (χ0) is 11.0. The first-order chi connectivity index (χ1) is 7.08. The van der Waals surface area contributed by atoms with Crippen LogP contribution in [0.1, 0.15) is 24.1 Å². The van der Waals surface area contributed by atoms with Crippen LogP contribution in [0.4, 0.5) is 0 Å². The van der Waals surface area contributed by atoms with Gasteiger partial charge in [0.25, 0.3) is 5.56 Å². The van der Waals surface area contributed by atoms with E-state index in [0.29, 0.717) is 12.8 Å². The van der Waals surface area contributed by atoms with Gasteiger partial charge in [-0.3, -0.25) is 19.4 Å². The topological polar surface area (TPSA) is 75.1 Å². The summed E-state index contributed by atoms with van der Waals surface area (Å²) >= 11 is 0. The van der Waals surface area contributed by atoms with E-state index in [-0.39, 0.29) is 17.9 Å². The maximum Gasteiger partial charge on any atom is 0.303 e. The summed E-state index contributed by atoms with van der Waals surface area (Å²) in [4.78, 5) is 22.1. The van der Waals surface area contributed by atoms with Gasteiger partial charge in [-0.15, -0.1) is 0 Å². The Labute approximate surface area is 86.7 Å². The number of fused-ring (bicyclic) bond motifs is 1. The summed E-state index contributed by atoms with van der Waals surface area (Å²) in [5, 5.41) is 11.7. The van der Waals surface area contributed by atoms with E-state index in [4.69, 9.17) is 5.11 Å². The van der Waals surface area contributed by atoms with Gasteiger partial charge in [-0.1, -0.05) is 0 Å². The van der Waals surface area contributed by atoms with Crippen molar-refractivity contribution >= 4 is 5.97 Å². The van der Waals surface area contributed by atoms with Gasteiger partial charge in [-0.25, -0.2) is 0 Å². The number of rotatable bonds is 2. The van der Waals surface area contributed by atoms with E-state index in [0.717, 1.165) is 17.7 Å². The number of carboxylic acid groups (broad SMARTS) is 1. The van der Waals surface area contributed by atoms with Crippen molar-refractivity contribution in [2.75, 3.05) is 0 Å². The van der Waals surface area contributed by atoms with E-state index in [1.165, 1.54) is 4.68 Å². The molecule has 2 rings (SSSR count). The van der Waals surface area contributed by atoms with Gasteiger partial charge in [0.2, 0.25) is 0 Å². The fourth-order valence-electron chi connectivity index (χ4n) is 2.24. The van der Waals surface area contributed by atoms with Crippen molar-refractivity contribution in [1.29, 1.82) is 0 Å². The zero-order valence-corrected chi connectivity index (χ0v) is 8.62.